The zero-order valence-electron chi connectivity index (χ0n) is 13.9. The molecule has 128 valence electrons. The molecule has 1 amide bonds. The molecule has 24 heavy (non-hydrogen) atoms. The van der Waals surface area contributed by atoms with E-state index in [1.165, 1.54) is 12.1 Å². The Bertz CT molecular complexity index is 707. The van der Waals surface area contributed by atoms with Gasteiger partial charge in [0.25, 0.3) is 0 Å². The zero-order valence-corrected chi connectivity index (χ0v) is 13.9. The summed E-state index contributed by atoms with van der Waals surface area (Å²) in [6.45, 7) is 4.19. The molecule has 0 spiro atoms. The molecule has 0 aliphatic carbocycles. The summed E-state index contributed by atoms with van der Waals surface area (Å²) in [6.07, 6.45) is 0.934. The van der Waals surface area contributed by atoms with Gasteiger partial charge in [0.2, 0.25) is 5.91 Å². The van der Waals surface area contributed by atoms with E-state index >= 15 is 0 Å². The number of nitrogens with one attached hydrogen (secondary N) is 1. The van der Waals surface area contributed by atoms with Crippen LogP contribution in [0.25, 0.3) is 0 Å². The Kier molecular flexibility index (Phi) is 4.66. The Labute approximate surface area is 140 Å². The van der Waals surface area contributed by atoms with Gasteiger partial charge in [0.15, 0.2) is 0 Å². The molecule has 2 unspecified atom stereocenters. The lowest BCUT2D eigenvalue weighted by Gasteiger charge is -2.25. The molecule has 0 radical (unpaired) electrons. The van der Waals surface area contributed by atoms with Crippen LogP contribution in [-0.2, 0) is 11.2 Å². The van der Waals surface area contributed by atoms with Gasteiger partial charge in [-0.3, -0.25) is 9.89 Å². The van der Waals surface area contributed by atoms with E-state index in [2.05, 4.69) is 10.2 Å². The maximum absolute atomic E-state index is 13.1. The standard InChI is InChI=1S/C18H22FN3O2/c1-11-16(12(2)21-20-11)7-8-18(24)22-10-15(23)9-17(22)13-3-5-14(19)6-4-13/h3-6,15,17,23H,7-10H2,1-2H3,(H,20,21). The first kappa shape index (κ1) is 16.6. The smallest absolute Gasteiger partial charge is 0.223 e. The van der Waals surface area contributed by atoms with Crippen LogP contribution >= 0.6 is 0 Å². The van der Waals surface area contributed by atoms with E-state index in [1.807, 2.05) is 13.8 Å². The molecule has 1 aromatic heterocycles. The molecule has 0 saturated carbocycles. The van der Waals surface area contributed by atoms with Crippen LogP contribution in [0.15, 0.2) is 24.3 Å². The molecule has 2 aromatic rings. The summed E-state index contributed by atoms with van der Waals surface area (Å²) in [4.78, 5) is 14.4. The maximum Gasteiger partial charge on any atom is 0.223 e. The Morgan fingerprint density at radius 3 is 2.71 bits per heavy atom. The molecule has 3 rings (SSSR count). The van der Waals surface area contributed by atoms with E-state index in [1.54, 1.807) is 17.0 Å². The molecule has 2 N–H and O–H groups in total. The molecule has 1 aliphatic rings. The lowest BCUT2D eigenvalue weighted by Crippen LogP contribution is -2.32. The van der Waals surface area contributed by atoms with Crippen molar-refractivity contribution in [2.24, 2.45) is 0 Å². The summed E-state index contributed by atoms with van der Waals surface area (Å²) < 4.78 is 13.1. The average molecular weight is 331 g/mol. The predicted molar refractivity (Wildman–Crippen MR) is 87.9 cm³/mol. The molecule has 0 bridgehead atoms. The lowest BCUT2D eigenvalue weighted by molar-refractivity contribution is -0.132. The van der Waals surface area contributed by atoms with Crippen LogP contribution < -0.4 is 0 Å². The monoisotopic (exact) mass is 331 g/mol. The number of aliphatic hydroxyl groups excluding tert-OH is 1. The predicted octanol–water partition coefficient (Wildman–Crippen LogP) is 2.43. The first-order valence-corrected chi connectivity index (χ1v) is 8.19. The van der Waals surface area contributed by atoms with E-state index in [0.717, 1.165) is 22.5 Å². The molecular weight excluding hydrogens is 309 g/mol. The summed E-state index contributed by atoms with van der Waals surface area (Å²) in [7, 11) is 0. The number of likely N-dealkylation sites (tertiary alicyclic amines) is 1. The molecule has 1 fully saturated rings. The second-order valence-corrected chi connectivity index (χ2v) is 6.42. The molecule has 6 heteroatoms. The van der Waals surface area contributed by atoms with Crippen LogP contribution in [0.5, 0.6) is 0 Å². The van der Waals surface area contributed by atoms with Crippen molar-refractivity contribution in [3.05, 3.63) is 52.6 Å². The third-order valence-electron chi connectivity index (χ3n) is 4.72. The Hall–Kier alpha value is -2.21. The van der Waals surface area contributed by atoms with Gasteiger partial charge in [0.05, 0.1) is 17.8 Å². The normalized spacial score (nSPS) is 20.6. The lowest BCUT2D eigenvalue weighted by atomic mass is 10.0. The number of aliphatic hydroxyl groups is 1. The first-order valence-electron chi connectivity index (χ1n) is 8.19. The van der Waals surface area contributed by atoms with E-state index in [4.69, 9.17) is 0 Å². The molecule has 2 heterocycles. The number of halogens is 1. The van der Waals surface area contributed by atoms with Crippen molar-refractivity contribution in [3.63, 3.8) is 0 Å². The maximum atomic E-state index is 13.1. The molecular formula is C18H22FN3O2. The van der Waals surface area contributed by atoms with Crippen molar-refractivity contribution in [1.82, 2.24) is 15.1 Å². The molecule has 1 saturated heterocycles. The number of amides is 1. The van der Waals surface area contributed by atoms with Crippen LogP contribution in [0, 0.1) is 19.7 Å². The second-order valence-electron chi connectivity index (χ2n) is 6.42. The number of aromatic nitrogens is 2. The van der Waals surface area contributed by atoms with Crippen molar-refractivity contribution >= 4 is 5.91 Å². The highest BCUT2D eigenvalue weighted by atomic mass is 19.1. The third kappa shape index (κ3) is 3.33. The number of hydrogen-bond donors (Lipinski definition) is 2. The van der Waals surface area contributed by atoms with Gasteiger partial charge in [-0.05, 0) is 49.9 Å². The van der Waals surface area contributed by atoms with Gasteiger partial charge < -0.3 is 10.0 Å². The van der Waals surface area contributed by atoms with E-state index in [0.29, 0.717) is 25.8 Å². The quantitative estimate of drug-likeness (QED) is 0.904. The number of carbonyl (C=O) groups excluding carboxylic acids is 1. The van der Waals surface area contributed by atoms with Gasteiger partial charge in [0, 0.05) is 18.7 Å². The topological polar surface area (TPSA) is 69.2 Å². The number of benzene rings is 1. The summed E-state index contributed by atoms with van der Waals surface area (Å²) in [5, 5.41) is 17.1. The van der Waals surface area contributed by atoms with Gasteiger partial charge in [-0.2, -0.15) is 5.10 Å². The van der Waals surface area contributed by atoms with Crippen molar-refractivity contribution in [1.29, 1.82) is 0 Å². The number of H-pyrrole nitrogens is 1. The fourth-order valence-corrected chi connectivity index (χ4v) is 3.41. The van der Waals surface area contributed by atoms with Gasteiger partial charge in [-0.25, -0.2) is 4.39 Å². The summed E-state index contributed by atoms with van der Waals surface area (Å²) >= 11 is 0. The van der Waals surface area contributed by atoms with Gasteiger partial charge in [-0.1, -0.05) is 12.1 Å². The zero-order chi connectivity index (χ0) is 17.3. The number of hydrogen-bond acceptors (Lipinski definition) is 3. The molecule has 2 atom stereocenters. The largest absolute Gasteiger partial charge is 0.391 e. The Balaban J connectivity index is 1.71. The van der Waals surface area contributed by atoms with Crippen LogP contribution in [0.2, 0.25) is 0 Å². The fraction of sp³-hybridized carbons (Fsp3) is 0.444. The number of rotatable bonds is 4. The average Bonchev–Trinajstić information content (AvgIpc) is 3.09. The van der Waals surface area contributed by atoms with Crippen LogP contribution in [0.4, 0.5) is 4.39 Å². The van der Waals surface area contributed by atoms with Gasteiger partial charge in [0.1, 0.15) is 5.82 Å². The third-order valence-corrected chi connectivity index (χ3v) is 4.72. The number of carbonyl (C=O) groups is 1. The van der Waals surface area contributed by atoms with E-state index in [-0.39, 0.29) is 17.8 Å². The highest BCUT2D eigenvalue weighted by molar-refractivity contribution is 5.77. The summed E-state index contributed by atoms with van der Waals surface area (Å²) in [5.74, 6) is -0.304. The minimum atomic E-state index is -0.540. The van der Waals surface area contributed by atoms with E-state index in [9.17, 15) is 14.3 Å². The van der Waals surface area contributed by atoms with Crippen LogP contribution in [-0.4, -0.2) is 38.8 Å². The van der Waals surface area contributed by atoms with Crippen molar-refractivity contribution in [3.8, 4) is 0 Å². The highest BCUT2D eigenvalue weighted by Gasteiger charge is 2.35. The van der Waals surface area contributed by atoms with Crippen molar-refractivity contribution < 1.29 is 14.3 Å². The SMILES string of the molecule is Cc1n[nH]c(C)c1CCC(=O)N1CC(O)CC1c1ccc(F)cc1. The van der Waals surface area contributed by atoms with Gasteiger partial charge in [-0.15, -0.1) is 0 Å². The number of β-amino-alcohol motifs (C(OH)–C–C–N with tert-alkyl or cyclic N) is 1. The van der Waals surface area contributed by atoms with Crippen LogP contribution in [0.3, 0.4) is 0 Å². The minimum absolute atomic E-state index is 0.000810. The second kappa shape index (κ2) is 6.73. The minimum Gasteiger partial charge on any atom is -0.391 e. The number of aryl methyl sites for hydroxylation is 2. The number of nitrogens with zero attached hydrogens (tertiary/aromatic N) is 2. The Morgan fingerprint density at radius 1 is 1.38 bits per heavy atom. The highest BCUT2D eigenvalue weighted by Crippen LogP contribution is 2.33. The van der Waals surface area contributed by atoms with Crippen molar-refractivity contribution in [2.45, 2.75) is 45.3 Å². The molecule has 5 nitrogen and oxygen atoms in total. The van der Waals surface area contributed by atoms with Crippen molar-refractivity contribution in [2.75, 3.05) is 6.54 Å². The van der Waals surface area contributed by atoms with E-state index < -0.39 is 6.10 Å². The Morgan fingerprint density at radius 2 is 2.08 bits per heavy atom. The summed E-state index contributed by atoms with van der Waals surface area (Å²) in [6, 6.07) is 5.95. The number of aromatic amines is 1. The van der Waals surface area contributed by atoms with Crippen LogP contribution in [0.1, 0.15) is 41.4 Å². The van der Waals surface area contributed by atoms with Gasteiger partial charge >= 0.3 is 0 Å². The molecule has 1 aromatic carbocycles. The summed E-state index contributed by atoms with van der Waals surface area (Å²) in [5.41, 5.74) is 3.83. The molecule has 1 aliphatic heterocycles. The first-order chi connectivity index (χ1) is 11.5. The fourth-order valence-electron chi connectivity index (χ4n) is 3.41.